The van der Waals surface area contributed by atoms with Crippen LogP contribution in [0.5, 0.6) is 5.75 Å². The Balaban J connectivity index is 1.87. The normalized spacial score (nSPS) is 11.0. The van der Waals surface area contributed by atoms with Gasteiger partial charge in [0.25, 0.3) is 0 Å². The summed E-state index contributed by atoms with van der Waals surface area (Å²) in [5, 5.41) is 17.5. The van der Waals surface area contributed by atoms with Gasteiger partial charge in [0.1, 0.15) is 17.4 Å². The lowest BCUT2D eigenvalue weighted by molar-refractivity contribution is 0.0698. The third-order valence-corrected chi connectivity index (χ3v) is 5.18. The fraction of sp³-hybridized carbons (Fsp3) is 0.192. The summed E-state index contributed by atoms with van der Waals surface area (Å²) in [6.45, 7) is 7.75. The number of hydrogen-bond acceptors (Lipinski definition) is 5. The van der Waals surface area contributed by atoms with E-state index in [0.29, 0.717) is 17.3 Å². The van der Waals surface area contributed by atoms with E-state index in [1.807, 2.05) is 52.0 Å². The van der Waals surface area contributed by atoms with Crippen molar-refractivity contribution in [3.05, 3.63) is 83.4 Å². The molecule has 0 spiro atoms. The quantitative estimate of drug-likeness (QED) is 0.356. The van der Waals surface area contributed by atoms with Gasteiger partial charge in [0.15, 0.2) is 0 Å². The molecular formula is C26H25FN4O3. The Morgan fingerprint density at radius 1 is 1.09 bits per heavy atom. The summed E-state index contributed by atoms with van der Waals surface area (Å²) in [4.78, 5) is 16.0. The third-order valence-electron chi connectivity index (χ3n) is 5.18. The van der Waals surface area contributed by atoms with Gasteiger partial charge in [-0.05, 0) is 69.2 Å². The van der Waals surface area contributed by atoms with Crippen molar-refractivity contribution < 1.29 is 19.0 Å². The SMILES string of the molecule is Cc1cncc(C)c1-n1nc(-c2cccc(OC(C)C)c2)cc1Nc1cc(F)ccc1C(=O)O. The van der Waals surface area contributed by atoms with Crippen molar-refractivity contribution in [3.63, 3.8) is 0 Å². The molecule has 2 N–H and O–H groups in total. The average Bonchev–Trinajstić information content (AvgIpc) is 3.16. The molecule has 0 radical (unpaired) electrons. The number of carboxylic acid groups (broad SMARTS) is 1. The van der Waals surface area contributed by atoms with E-state index in [-0.39, 0.29) is 17.4 Å². The lowest BCUT2D eigenvalue weighted by atomic mass is 10.1. The van der Waals surface area contributed by atoms with Crippen LogP contribution in [0.25, 0.3) is 16.9 Å². The van der Waals surface area contributed by atoms with E-state index in [2.05, 4.69) is 10.3 Å². The molecule has 7 nitrogen and oxygen atoms in total. The number of aromatic carboxylic acids is 1. The minimum absolute atomic E-state index is 0.0227. The smallest absolute Gasteiger partial charge is 0.337 e. The zero-order valence-electron chi connectivity index (χ0n) is 19.3. The van der Waals surface area contributed by atoms with Crippen molar-refractivity contribution in [1.29, 1.82) is 0 Å². The lowest BCUT2D eigenvalue weighted by Crippen LogP contribution is -2.09. The van der Waals surface area contributed by atoms with E-state index in [4.69, 9.17) is 9.84 Å². The fourth-order valence-corrected chi connectivity index (χ4v) is 3.76. The molecule has 4 rings (SSSR count). The molecule has 0 aliphatic rings. The van der Waals surface area contributed by atoms with Crippen molar-refractivity contribution in [2.24, 2.45) is 0 Å². The number of nitrogens with zero attached hydrogens (tertiary/aromatic N) is 3. The number of carboxylic acids is 1. The summed E-state index contributed by atoms with van der Waals surface area (Å²) >= 11 is 0. The lowest BCUT2D eigenvalue weighted by Gasteiger charge is -2.15. The average molecular weight is 461 g/mol. The zero-order valence-corrected chi connectivity index (χ0v) is 19.3. The maximum absolute atomic E-state index is 14.0. The maximum atomic E-state index is 14.0. The van der Waals surface area contributed by atoms with Gasteiger partial charge in [-0.3, -0.25) is 4.98 Å². The summed E-state index contributed by atoms with van der Waals surface area (Å²) in [5.74, 6) is -0.515. The van der Waals surface area contributed by atoms with E-state index >= 15 is 0 Å². The second-order valence-electron chi connectivity index (χ2n) is 8.26. The van der Waals surface area contributed by atoms with E-state index in [1.165, 1.54) is 6.07 Å². The summed E-state index contributed by atoms with van der Waals surface area (Å²) in [7, 11) is 0. The van der Waals surface area contributed by atoms with Crippen LogP contribution in [-0.4, -0.2) is 31.9 Å². The second-order valence-corrected chi connectivity index (χ2v) is 8.26. The predicted octanol–water partition coefficient (Wildman–Crippen LogP) is 5.92. The fourth-order valence-electron chi connectivity index (χ4n) is 3.76. The topological polar surface area (TPSA) is 89.3 Å². The largest absolute Gasteiger partial charge is 0.491 e. The standard InChI is InChI=1S/C26H25FN4O3/c1-15(2)34-20-7-5-6-18(10-20)22-12-24(29-23-11-19(27)8-9-21(23)26(32)33)31(30-22)25-16(3)13-28-14-17(25)4/h5-15,29H,1-4H3,(H,32,33). The van der Waals surface area contributed by atoms with Crippen molar-refractivity contribution in [1.82, 2.24) is 14.8 Å². The number of carbonyl (C=O) groups is 1. The molecule has 34 heavy (non-hydrogen) atoms. The van der Waals surface area contributed by atoms with Crippen LogP contribution in [0.4, 0.5) is 15.9 Å². The van der Waals surface area contributed by atoms with Gasteiger partial charge >= 0.3 is 5.97 Å². The Morgan fingerprint density at radius 2 is 1.82 bits per heavy atom. The molecule has 0 fully saturated rings. The highest BCUT2D eigenvalue weighted by molar-refractivity contribution is 5.95. The number of pyridine rings is 1. The second kappa shape index (κ2) is 9.35. The van der Waals surface area contributed by atoms with Gasteiger partial charge in [-0.1, -0.05) is 12.1 Å². The highest BCUT2D eigenvalue weighted by Gasteiger charge is 2.18. The summed E-state index contributed by atoms with van der Waals surface area (Å²) in [6, 6.07) is 12.9. The first-order valence-corrected chi connectivity index (χ1v) is 10.8. The minimum atomic E-state index is -1.16. The molecule has 0 unspecified atom stereocenters. The first-order valence-electron chi connectivity index (χ1n) is 10.8. The predicted molar refractivity (Wildman–Crippen MR) is 129 cm³/mol. The van der Waals surface area contributed by atoms with Crippen LogP contribution >= 0.6 is 0 Å². The van der Waals surface area contributed by atoms with Crippen LogP contribution < -0.4 is 10.1 Å². The monoisotopic (exact) mass is 460 g/mol. The van der Waals surface area contributed by atoms with Gasteiger partial charge in [0, 0.05) is 24.0 Å². The number of ether oxygens (including phenoxy) is 1. The van der Waals surface area contributed by atoms with Crippen LogP contribution in [-0.2, 0) is 0 Å². The van der Waals surface area contributed by atoms with Crippen LogP contribution in [0, 0.1) is 19.7 Å². The van der Waals surface area contributed by atoms with Crippen molar-refractivity contribution in [2.45, 2.75) is 33.8 Å². The highest BCUT2D eigenvalue weighted by Crippen LogP contribution is 2.32. The summed E-state index contributed by atoms with van der Waals surface area (Å²) in [6.07, 6.45) is 3.49. The molecule has 2 aromatic heterocycles. The number of aromatic nitrogens is 3. The van der Waals surface area contributed by atoms with Crippen molar-refractivity contribution in [3.8, 4) is 22.7 Å². The Labute approximate surface area is 196 Å². The minimum Gasteiger partial charge on any atom is -0.491 e. The Morgan fingerprint density at radius 3 is 2.50 bits per heavy atom. The highest BCUT2D eigenvalue weighted by atomic mass is 19.1. The van der Waals surface area contributed by atoms with Crippen LogP contribution in [0.3, 0.4) is 0 Å². The molecule has 2 aromatic carbocycles. The van der Waals surface area contributed by atoms with E-state index in [0.717, 1.165) is 34.5 Å². The molecule has 174 valence electrons. The third kappa shape index (κ3) is 4.76. The van der Waals surface area contributed by atoms with Crippen LogP contribution in [0.1, 0.15) is 35.3 Å². The Hall–Kier alpha value is -4.20. The van der Waals surface area contributed by atoms with Gasteiger partial charge in [-0.2, -0.15) is 5.10 Å². The number of aryl methyl sites for hydroxylation is 2. The molecule has 0 saturated carbocycles. The number of halogens is 1. The van der Waals surface area contributed by atoms with Crippen molar-refractivity contribution >= 4 is 17.5 Å². The van der Waals surface area contributed by atoms with E-state index < -0.39 is 11.8 Å². The summed E-state index contributed by atoms with van der Waals surface area (Å²) < 4.78 is 21.5. The first kappa shape index (κ1) is 23.0. The zero-order chi connectivity index (χ0) is 24.4. The maximum Gasteiger partial charge on any atom is 0.337 e. The van der Waals surface area contributed by atoms with Gasteiger partial charge < -0.3 is 15.2 Å². The molecule has 4 aromatic rings. The van der Waals surface area contributed by atoms with Crippen LogP contribution in [0.15, 0.2) is 60.9 Å². The van der Waals surface area contributed by atoms with Gasteiger partial charge in [-0.25, -0.2) is 13.9 Å². The summed E-state index contributed by atoms with van der Waals surface area (Å²) in [5.41, 5.74) is 4.10. The molecular weight excluding hydrogens is 435 g/mol. The number of hydrogen-bond donors (Lipinski definition) is 2. The van der Waals surface area contributed by atoms with Gasteiger partial charge in [0.2, 0.25) is 0 Å². The number of benzene rings is 2. The number of nitrogens with one attached hydrogen (secondary N) is 1. The molecule has 0 aliphatic carbocycles. The molecule has 0 bridgehead atoms. The Bertz CT molecular complexity index is 1340. The van der Waals surface area contributed by atoms with E-state index in [1.54, 1.807) is 23.1 Å². The molecule has 0 saturated heterocycles. The van der Waals surface area contributed by atoms with Gasteiger partial charge in [0.05, 0.1) is 28.7 Å². The molecule has 0 aliphatic heterocycles. The van der Waals surface area contributed by atoms with Gasteiger partial charge in [-0.15, -0.1) is 0 Å². The molecule has 0 amide bonds. The molecule has 8 heteroatoms. The van der Waals surface area contributed by atoms with E-state index in [9.17, 15) is 14.3 Å². The molecule has 0 atom stereocenters. The number of rotatable bonds is 7. The number of anilines is 2. The first-order chi connectivity index (χ1) is 16.2. The van der Waals surface area contributed by atoms with Crippen LogP contribution in [0.2, 0.25) is 0 Å². The Kier molecular flexibility index (Phi) is 6.32. The molecule has 2 heterocycles. The van der Waals surface area contributed by atoms with Crippen molar-refractivity contribution in [2.75, 3.05) is 5.32 Å².